The van der Waals surface area contributed by atoms with E-state index >= 15 is 0 Å². The Morgan fingerprint density at radius 3 is 2.20 bits per heavy atom. The molecule has 1 aromatic rings. The van der Waals surface area contributed by atoms with Gasteiger partial charge in [-0.3, -0.25) is 0 Å². The van der Waals surface area contributed by atoms with Gasteiger partial charge in [0.2, 0.25) is 0 Å². The molecule has 0 saturated carbocycles. The zero-order valence-corrected chi connectivity index (χ0v) is 6.98. The first-order valence-corrected chi connectivity index (χ1v) is 3.99. The Balaban J connectivity index is 3.05. The molecule has 0 nitrogen and oxygen atoms in total. The second-order valence-electron chi connectivity index (χ2n) is 1.61. The van der Waals surface area contributed by atoms with Gasteiger partial charge < -0.3 is 0 Å². The number of alkyl halides is 3. The van der Waals surface area contributed by atoms with Gasteiger partial charge in [-0.2, -0.15) is 13.2 Å². The lowest BCUT2D eigenvalue weighted by molar-refractivity contribution is -0.137. The molecular formula is C5H2BrF3S. The van der Waals surface area contributed by atoms with Crippen LogP contribution in [0.3, 0.4) is 0 Å². The van der Waals surface area contributed by atoms with Crippen molar-refractivity contribution in [3.63, 3.8) is 0 Å². The molecule has 10 heavy (non-hydrogen) atoms. The van der Waals surface area contributed by atoms with Crippen LogP contribution in [-0.2, 0) is 6.18 Å². The smallest absolute Gasteiger partial charge is 0.166 e. The molecule has 0 aliphatic rings. The maximum absolute atomic E-state index is 11.9. The average molecular weight is 231 g/mol. The van der Waals surface area contributed by atoms with Gasteiger partial charge in [-0.25, -0.2) is 0 Å². The molecule has 0 atom stereocenters. The van der Waals surface area contributed by atoms with Crippen LogP contribution in [0, 0.1) is 0 Å². The molecule has 0 aliphatic carbocycles. The number of thiophene rings is 1. The summed E-state index contributed by atoms with van der Waals surface area (Å²) in [7, 11) is 0. The van der Waals surface area contributed by atoms with Crippen LogP contribution in [0.15, 0.2) is 15.2 Å². The normalized spacial score (nSPS) is 12.0. The largest absolute Gasteiger partial charge is 0.418 e. The Morgan fingerprint density at radius 2 is 2.00 bits per heavy atom. The molecule has 56 valence electrons. The minimum absolute atomic E-state index is 0.139. The molecule has 0 aliphatic heterocycles. The summed E-state index contributed by atoms with van der Waals surface area (Å²) in [6.45, 7) is 0. The Hall–Kier alpha value is -0.0300. The second-order valence-corrected chi connectivity index (χ2v) is 3.84. The van der Waals surface area contributed by atoms with E-state index < -0.39 is 11.7 Å². The monoisotopic (exact) mass is 230 g/mol. The van der Waals surface area contributed by atoms with Crippen molar-refractivity contribution >= 4 is 27.3 Å². The van der Waals surface area contributed by atoms with E-state index in [1.54, 1.807) is 0 Å². The number of halogens is 4. The van der Waals surface area contributed by atoms with Crippen LogP contribution < -0.4 is 0 Å². The molecule has 0 radical (unpaired) electrons. The molecule has 0 amide bonds. The van der Waals surface area contributed by atoms with Crippen LogP contribution in [0.2, 0.25) is 0 Å². The zero-order chi connectivity index (χ0) is 7.78. The predicted octanol–water partition coefficient (Wildman–Crippen LogP) is 3.53. The van der Waals surface area contributed by atoms with Gasteiger partial charge in [0.25, 0.3) is 0 Å². The molecule has 0 saturated heterocycles. The van der Waals surface area contributed by atoms with Crippen LogP contribution in [-0.4, -0.2) is 0 Å². The summed E-state index contributed by atoms with van der Waals surface area (Å²) in [6, 6.07) is 1.05. The maximum atomic E-state index is 11.9. The minimum Gasteiger partial charge on any atom is -0.166 e. The van der Waals surface area contributed by atoms with Gasteiger partial charge in [0.05, 0.1) is 9.35 Å². The highest BCUT2D eigenvalue weighted by atomic mass is 79.9. The van der Waals surface area contributed by atoms with Crippen LogP contribution in [0.4, 0.5) is 13.2 Å². The highest BCUT2D eigenvalue weighted by molar-refractivity contribution is 9.11. The molecule has 0 N–H and O–H groups in total. The summed E-state index contributed by atoms with van der Waals surface area (Å²) in [5, 5.41) is 1.40. The Labute approximate surface area is 67.8 Å². The molecular weight excluding hydrogens is 229 g/mol. The fourth-order valence-corrected chi connectivity index (χ4v) is 1.81. The van der Waals surface area contributed by atoms with Crippen molar-refractivity contribution in [3.05, 3.63) is 20.8 Å². The molecule has 0 fully saturated rings. The van der Waals surface area contributed by atoms with Crippen molar-refractivity contribution in [1.82, 2.24) is 0 Å². The standard InChI is InChI=1S/C5H2BrF3S/c6-4-3(1-2-10-4)5(7,8)9/h1-2H. The summed E-state index contributed by atoms with van der Waals surface area (Å²) >= 11 is 3.83. The summed E-state index contributed by atoms with van der Waals surface area (Å²) in [5.74, 6) is 0. The lowest BCUT2D eigenvalue weighted by atomic mass is 10.3. The average Bonchev–Trinajstić information content (AvgIpc) is 2.11. The van der Waals surface area contributed by atoms with Crippen molar-refractivity contribution in [2.45, 2.75) is 6.18 Å². The first-order valence-electron chi connectivity index (χ1n) is 2.32. The Kier molecular flexibility index (Phi) is 2.05. The lowest BCUT2D eigenvalue weighted by Crippen LogP contribution is -2.02. The zero-order valence-electron chi connectivity index (χ0n) is 4.57. The van der Waals surface area contributed by atoms with Crippen LogP contribution >= 0.6 is 27.3 Å². The lowest BCUT2D eigenvalue weighted by Gasteiger charge is -2.02. The third-order valence-electron chi connectivity index (χ3n) is 0.923. The van der Waals surface area contributed by atoms with Gasteiger partial charge >= 0.3 is 6.18 Å². The van der Waals surface area contributed by atoms with E-state index in [1.165, 1.54) is 5.38 Å². The number of rotatable bonds is 0. The first-order chi connectivity index (χ1) is 4.52. The van der Waals surface area contributed by atoms with E-state index in [0.29, 0.717) is 0 Å². The van der Waals surface area contributed by atoms with E-state index in [1.807, 2.05) is 0 Å². The third-order valence-corrected chi connectivity index (χ3v) is 2.61. The quantitative estimate of drug-likeness (QED) is 0.640. The van der Waals surface area contributed by atoms with Crippen molar-refractivity contribution in [1.29, 1.82) is 0 Å². The SMILES string of the molecule is FC(F)(F)c1ccsc1Br. The molecule has 0 spiro atoms. The summed E-state index contributed by atoms with van der Waals surface area (Å²) < 4.78 is 35.7. The molecule has 0 unspecified atom stereocenters. The van der Waals surface area contributed by atoms with Gasteiger partial charge in [0.1, 0.15) is 0 Å². The van der Waals surface area contributed by atoms with Gasteiger partial charge in [-0.15, -0.1) is 11.3 Å². The van der Waals surface area contributed by atoms with Crippen LogP contribution in [0.5, 0.6) is 0 Å². The van der Waals surface area contributed by atoms with Crippen LogP contribution in [0.1, 0.15) is 5.56 Å². The molecule has 1 heterocycles. The number of hydrogen-bond donors (Lipinski definition) is 0. The van der Waals surface area contributed by atoms with Crippen molar-refractivity contribution in [3.8, 4) is 0 Å². The highest BCUT2D eigenvalue weighted by Gasteiger charge is 2.33. The molecule has 1 aromatic heterocycles. The topological polar surface area (TPSA) is 0 Å². The summed E-state index contributed by atoms with van der Waals surface area (Å²) in [4.78, 5) is 0. The fourth-order valence-electron chi connectivity index (χ4n) is 0.497. The molecule has 0 bridgehead atoms. The Morgan fingerprint density at radius 1 is 1.40 bits per heavy atom. The van der Waals surface area contributed by atoms with E-state index in [2.05, 4.69) is 15.9 Å². The maximum Gasteiger partial charge on any atom is 0.418 e. The van der Waals surface area contributed by atoms with Crippen LogP contribution in [0.25, 0.3) is 0 Å². The van der Waals surface area contributed by atoms with Gasteiger partial charge in [-0.05, 0) is 27.4 Å². The van der Waals surface area contributed by atoms with Crippen molar-refractivity contribution in [2.75, 3.05) is 0 Å². The summed E-state index contributed by atoms with van der Waals surface area (Å²) in [5.41, 5.74) is -0.600. The van der Waals surface area contributed by atoms with Gasteiger partial charge in [0, 0.05) is 0 Å². The fraction of sp³-hybridized carbons (Fsp3) is 0.200. The molecule has 1 rings (SSSR count). The van der Waals surface area contributed by atoms with E-state index in [-0.39, 0.29) is 3.79 Å². The first kappa shape index (κ1) is 8.07. The van der Waals surface area contributed by atoms with Gasteiger partial charge in [0.15, 0.2) is 0 Å². The van der Waals surface area contributed by atoms with Crippen molar-refractivity contribution < 1.29 is 13.2 Å². The third kappa shape index (κ3) is 1.52. The van der Waals surface area contributed by atoms with Gasteiger partial charge in [-0.1, -0.05) is 0 Å². The summed E-state index contributed by atoms with van der Waals surface area (Å²) in [6.07, 6.45) is -4.22. The predicted molar refractivity (Wildman–Crippen MR) is 37.0 cm³/mol. The van der Waals surface area contributed by atoms with E-state index in [9.17, 15) is 13.2 Å². The second kappa shape index (κ2) is 2.54. The Bertz CT molecular complexity index is 227. The van der Waals surface area contributed by atoms with E-state index in [4.69, 9.17) is 0 Å². The minimum atomic E-state index is -4.22. The van der Waals surface area contributed by atoms with Crippen molar-refractivity contribution in [2.24, 2.45) is 0 Å². The number of hydrogen-bond acceptors (Lipinski definition) is 1. The molecule has 5 heteroatoms. The van der Waals surface area contributed by atoms with E-state index in [0.717, 1.165) is 17.4 Å². The highest BCUT2D eigenvalue weighted by Crippen LogP contribution is 2.37. The molecule has 0 aromatic carbocycles.